The van der Waals surface area contributed by atoms with Crippen LogP contribution in [0.3, 0.4) is 0 Å². The van der Waals surface area contributed by atoms with E-state index < -0.39 is 0 Å². The molecule has 1 saturated carbocycles. The minimum absolute atomic E-state index is 0.0914. The molecule has 2 rings (SSSR count). The first-order valence-electron chi connectivity index (χ1n) is 7.65. The van der Waals surface area contributed by atoms with E-state index in [2.05, 4.69) is 17.2 Å². The molecule has 0 heterocycles. The van der Waals surface area contributed by atoms with Gasteiger partial charge in [0.15, 0.2) is 0 Å². The molecule has 1 aliphatic carbocycles. The number of carbonyl (C=O) groups excluding carboxylic acids is 2. The third-order valence-electron chi connectivity index (χ3n) is 4.02. The Hall–Kier alpha value is -2.14. The normalized spacial score (nSPS) is 20.4. The predicted molar refractivity (Wildman–Crippen MR) is 87.5 cm³/mol. The van der Waals surface area contributed by atoms with Crippen LogP contribution < -0.4 is 16.4 Å². The second-order valence-electron chi connectivity index (χ2n) is 5.65. The average molecular weight is 301 g/mol. The molecular weight excluding hydrogens is 278 g/mol. The number of nitrogens with one attached hydrogen (secondary N) is 2. The number of para-hydroxylation sites is 1. The van der Waals surface area contributed by atoms with Gasteiger partial charge < -0.3 is 16.4 Å². The summed E-state index contributed by atoms with van der Waals surface area (Å²) >= 11 is 0. The Labute approximate surface area is 131 Å². The lowest BCUT2D eigenvalue weighted by Crippen LogP contribution is -2.29. The van der Waals surface area contributed by atoms with Gasteiger partial charge in [-0.3, -0.25) is 9.59 Å². The zero-order chi connectivity index (χ0) is 15.9. The first-order chi connectivity index (χ1) is 10.6. The molecule has 1 aromatic carbocycles. The fourth-order valence-corrected chi connectivity index (χ4v) is 2.81. The maximum atomic E-state index is 12.2. The summed E-state index contributed by atoms with van der Waals surface area (Å²) in [6.45, 7) is 3.95. The summed E-state index contributed by atoms with van der Waals surface area (Å²) in [5.74, 6) is -0.0820. The van der Waals surface area contributed by atoms with Crippen LogP contribution in [0.5, 0.6) is 0 Å². The van der Waals surface area contributed by atoms with Crippen LogP contribution >= 0.6 is 0 Å². The summed E-state index contributed by atoms with van der Waals surface area (Å²) in [7, 11) is 0. The van der Waals surface area contributed by atoms with E-state index in [1.807, 2.05) is 0 Å². The van der Waals surface area contributed by atoms with Crippen molar-refractivity contribution in [2.24, 2.45) is 11.7 Å². The number of nitrogens with two attached hydrogens (primary N) is 1. The first kappa shape index (κ1) is 16.2. The summed E-state index contributed by atoms with van der Waals surface area (Å²) in [6.07, 6.45) is 5.08. The summed E-state index contributed by atoms with van der Waals surface area (Å²) in [5.41, 5.74) is 6.98. The van der Waals surface area contributed by atoms with E-state index in [-0.39, 0.29) is 23.8 Å². The van der Waals surface area contributed by atoms with Gasteiger partial charge in [0, 0.05) is 19.0 Å². The molecule has 0 aromatic heterocycles. The summed E-state index contributed by atoms with van der Waals surface area (Å²) < 4.78 is 0. The highest BCUT2D eigenvalue weighted by Gasteiger charge is 2.26. The van der Waals surface area contributed by atoms with Gasteiger partial charge in [-0.15, -0.1) is 6.58 Å². The van der Waals surface area contributed by atoms with E-state index in [1.165, 1.54) is 0 Å². The smallest absolute Gasteiger partial charge is 0.253 e. The molecule has 0 saturated heterocycles. The highest BCUT2D eigenvalue weighted by Crippen LogP contribution is 2.27. The van der Waals surface area contributed by atoms with E-state index in [9.17, 15) is 9.59 Å². The van der Waals surface area contributed by atoms with Gasteiger partial charge in [-0.2, -0.15) is 0 Å². The van der Waals surface area contributed by atoms with Crippen LogP contribution in [0.1, 0.15) is 36.0 Å². The van der Waals surface area contributed by atoms with Crippen molar-refractivity contribution in [2.75, 3.05) is 11.9 Å². The van der Waals surface area contributed by atoms with E-state index in [0.29, 0.717) is 24.2 Å². The van der Waals surface area contributed by atoms with Gasteiger partial charge in [0.05, 0.1) is 11.3 Å². The Kier molecular flexibility index (Phi) is 5.72. The zero-order valence-corrected chi connectivity index (χ0v) is 12.7. The molecule has 0 spiro atoms. The van der Waals surface area contributed by atoms with E-state index >= 15 is 0 Å². The van der Waals surface area contributed by atoms with Gasteiger partial charge in [-0.1, -0.05) is 24.6 Å². The van der Waals surface area contributed by atoms with Crippen molar-refractivity contribution >= 4 is 17.5 Å². The minimum Gasteiger partial charge on any atom is -0.349 e. The van der Waals surface area contributed by atoms with Gasteiger partial charge in [0.1, 0.15) is 0 Å². The molecule has 118 valence electrons. The Morgan fingerprint density at radius 3 is 2.77 bits per heavy atom. The van der Waals surface area contributed by atoms with Crippen LogP contribution in [0.15, 0.2) is 36.9 Å². The van der Waals surface area contributed by atoms with Crippen molar-refractivity contribution in [3.63, 3.8) is 0 Å². The molecule has 2 amide bonds. The molecule has 5 heteroatoms. The van der Waals surface area contributed by atoms with Gasteiger partial charge in [-0.25, -0.2) is 0 Å². The average Bonchev–Trinajstić information content (AvgIpc) is 2.90. The summed E-state index contributed by atoms with van der Waals surface area (Å²) in [6, 6.07) is 7.09. The quantitative estimate of drug-likeness (QED) is 0.703. The molecule has 0 aliphatic heterocycles. The zero-order valence-electron chi connectivity index (χ0n) is 12.7. The number of carbonyl (C=O) groups is 2. The Morgan fingerprint density at radius 2 is 2.09 bits per heavy atom. The van der Waals surface area contributed by atoms with Gasteiger partial charge in [0.2, 0.25) is 5.91 Å². The number of benzene rings is 1. The molecule has 1 aliphatic rings. The van der Waals surface area contributed by atoms with E-state index in [4.69, 9.17) is 5.73 Å². The van der Waals surface area contributed by atoms with E-state index in [0.717, 1.165) is 19.3 Å². The second-order valence-corrected chi connectivity index (χ2v) is 5.65. The lowest BCUT2D eigenvalue weighted by Gasteiger charge is -2.16. The number of hydrogen-bond donors (Lipinski definition) is 3. The first-order valence-corrected chi connectivity index (χ1v) is 7.65. The summed E-state index contributed by atoms with van der Waals surface area (Å²) in [5, 5.41) is 5.55. The van der Waals surface area contributed by atoms with Crippen molar-refractivity contribution in [1.82, 2.24) is 5.32 Å². The van der Waals surface area contributed by atoms with Gasteiger partial charge >= 0.3 is 0 Å². The van der Waals surface area contributed by atoms with Crippen LogP contribution in [-0.4, -0.2) is 24.4 Å². The summed E-state index contributed by atoms with van der Waals surface area (Å²) in [4.78, 5) is 24.3. The lowest BCUT2D eigenvalue weighted by atomic mass is 9.99. The molecule has 1 fully saturated rings. The standard InChI is InChI=1S/C17H23N3O2/c1-2-10-19-17(22)13-7-3-4-9-15(13)20-16(21)11-12-6-5-8-14(12)18/h2-4,7,9,12,14H,1,5-6,8,10-11,18H2,(H,19,22)(H,20,21)/t12-,14+/m0/s1. The fourth-order valence-electron chi connectivity index (χ4n) is 2.81. The van der Waals surface area contributed by atoms with Crippen molar-refractivity contribution in [2.45, 2.75) is 31.7 Å². The predicted octanol–water partition coefficient (Wildman–Crippen LogP) is 2.06. The van der Waals surface area contributed by atoms with Crippen molar-refractivity contribution < 1.29 is 9.59 Å². The van der Waals surface area contributed by atoms with Crippen molar-refractivity contribution in [1.29, 1.82) is 0 Å². The molecule has 22 heavy (non-hydrogen) atoms. The number of hydrogen-bond acceptors (Lipinski definition) is 3. The molecule has 1 aromatic rings. The van der Waals surface area contributed by atoms with Crippen LogP contribution in [-0.2, 0) is 4.79 Å². The molecule has 0 radical (unpaired) electrons. The Balaban J connectivity index is 2.01. The fraction of sp³-hybridized carbons (Fsp3) is 0.412. The third kappa shape index (κ3) is 4.18. The van der Waals surface area contributed by atoms with Crippen molar-refractivity contribution in [3.8, 4) is 0 Å². The Bertz CT molecular complexity index is 557. The van der Waals surface area contributed by atoms with Crippen LogP contribution in [0.25, 0.3) is 0 Å². The molecule has 4 N–H and O–H groups in total. The van der Waals surface area contributed by atoms with Crippen LogP contribution in [0.4, 0.5) is 5.69 Å². The SMILES string of the molecule is C=CCNC(=O)c1ccccc1NC(=O)C[C@@H]1CCC[C@H]1N. The Morgan fingerprint density at radius 1 is 1.32 bits per heavy atom. The van der Waals surface area contributed by atoms with E-state index in [1.54, 1.807) is 30.3 Å². The largest absolute Gasteiger partial charge is 0.349 e. The van der Waals surface area contributed by atoms with Gasteiger partial charge in [-0.05, 0) is 30.9 Å². The van der Waals surface area contributed by atoms with Crippen molar-refractivity contribution in [3.05, 3.63) is 42.5 Å². The van der Waals surface area contributed by atoms with Crippen LogP contribution in [0.2, 0.25) is 0 Å². The van der Waals surface area contributed by atoms with Gasteiger partial charge in [0.25, 0.3) is 5.91 Å². The molecule has 0 bridgehead atoms. The maximum absolute atomic E-state index is 12.2. The molecular formula is C17H23N3O2. The lowest BCUT2D eigenvalue weighted by molar-refractivity contribution is -0.117. The monoisotopic (exact) mass is 301 g/mol. The second kappa shape index (κ2) is 7.75. The maximum Gasteiger partial charge on any atom is 0.253 e. The third-order valence-corrected chi connectivity index (χ3v) is 4.02. The number of amides is 2. The number of rotatable bonds is 6. The topological polar surface area (TPSA) is 84.2 Å². The molecule has 5 nitrogen and oxygen atoms in total. The molecule has 0 unspecified atom stereocenters. The molecule has 2 atom stereocenters. The highest BCUT2D eigenvalue weighted by atomic mass is 16.2. The minimum atomic E-state index is -0.228. The number of anilines is 1. The highest BCUT2D eigenvalue weighted by molar-refractivity contribution is 6.03. The van der Waals surface area contributed by atoms with Crippen LogP contribution in [0, 0.1) is 5.92 Å².